The van der Waals surface area contributed by atoms with E-state index in [1.165, 1.54) is 12.1 Å². The highest BCUT2D eigenvalue weighted by Gasteiger charge is 2.35. The molecule has 0 aromatic heterocycles. The Balaban J connectivity index is 3.45. The van der Waals surface area contributed by atoms with Gasteiger partial charge in [0.05, 0.1) is 7.11 Å². The minimum atomic E-state index is -5.03. The van der Waals surface area contributed by atoms with Crippen molar-refractivity contribution in [2.45, 2.75) is 11.3 Å². The van der Waals surface area contributed by atoms with Crippen molar-refractivity contribution in [3.63, 3.8) is 0 Å². The molecule has 0 atom stereocenters. The van der Waals surface area contributed by atoms with Crippen LogP contribution in [0.15, 0.2) is 17.0 Å². The smallest absolute Gasteiger partial charge is 0.465 e. The van der Waals surface area contributed by atoms with E-state index in [1.807, 2.05) is 0 Å². The molecule has 0 saturated heterocycles. The number of methoxy groups -OCH3 is 1. The molecule has 0 unspecified atom stereocenters. The lowest BCUT2D eigenvalue weighted by Crippen LogP contribution is -2.20. The molecule has 0 saturated carbocycles. The number of hydrogen-bond donors (Lipinski definition) is 1. The fourth-order valence-corrected chi connectivity index (χ4v) is 1.40. The van der Waals surface area contributed by atoms with Gasteiger partial charge in [0.1, 0.15) is 17.2 Å². The molecule has 8 heteroatoms. The Morgan fingerprint density at radius 2 is 2.06 bits per heavy atom. The van der Waals surface area contributed by atoms with Gasteiger partial charge in [-0.25, -0.2) is 4.79 Å². The average molecular weight is 277 g/mol. The number of alkyl halides is 3. The summed E-state index contributed by atoms with van der Waals surface area (Å²) < 4.78 is 44.7. The molecule has 1 aromatic carbocycles. The highest BCUT2D eigenvalue weighted by Crippen LogP contribution is 2.33. The van der Waals surface area contributed by atoms with Crippen molar-refractivity contribution in [1.82, 2.24) is 0 Å². The maximum absolute atomic E-state index is 12.2. The number of halogens is 3. The number of rotatable bonds is 2. The van der Waals surface area contributed by atoms with Crippen molar-refractivity contribution >= 4 is 18.6 Å². The van der Waals surface area contributed by atoms with Crippen molar-refractivity contribution in [2.75, 3.05) is 7.11 Å². The minimum Gasteiger partial charge on any atom is -0.465 e. The SMILES string of the molecule is COC(=O)c1ccc(S)c(C#N)c1OC(F)(F)F. The summed E-state index contributed by atoms with van der Waals surface area (Å²) in [5.74, 6) is -1.96. The van der Waals surface area contributed by atoms with Crippen LogP contribution in [0.1, 0.15) is 15.9 Å². The minimum absolute atomic E-state index is 0.0376. The maximum atomic E-state index is 12.2. The van der Waals surface area contributed by atoms with E-state index in [4.69, 9.17) is 5.26 Å². The van der Waals surface area contributed by atoms with Crippen LogP contribution in [0.2, 0.25) is 0 Å². The van der Waals surface area contributed by atoms with Gasteiger partial charge in [-0.1, -0.05) is 0 Å². The van der Waals surface area contributed by atoms with E-state index in [1.54, 1.807) is 0 Å². The Morgan fingerprint density at radius 3 is 2.50 bits per heavy atom. The first-order valence-electron chi connectivity index (χ1n) is 4.40. The highest BCUT2D eigenvalue weighted by molar-refractivity contribution is 7.80. The molecule has 1 aromatic rings. The lowest BCUT2D eigenvalue weighted by molar-refractivity contribution is -0.274. The zero-order valence-electron chi connectivity index (χ0n) is 8.91. The summed E-state index contributed by atoms with van der Waals surface area (Å²) in [6, 6.07) is 3.74. The lowest BCUT2D eigenvalue weighted by atomic mass is 10.1. The standard InChI is InChI=1S/C10H6F3NO3S/c1-16-9(15)5-2-3-7(18)6(4-14)8(5)17-10(11,12)13/h2-3,18H,1H3. The molecule has 0 fully saturated rings. The molecule has 96 valence electrons. The average Bonchev–Trinajstić information content (AvgIpc) is 2.26. The molecule has 1 rings (SSSR count). The second-order valence-electron chi connectivity index (χ2n) is 2.99. The number of ether oxygens (including phenoxy) is 2. The summed E-state index contributed by atoms with van der Waals surface area (Å²) >= 11 is 3.82. The molecule has 0 radical (unpaired) electrons. The Morgan fingerprint density at radius 1 is 1.44 bits per heavy atom. The molecule has 18 heavy (non-hydrogen) atoms. The number of esters is 1. The molecule has 0 heterocycles. The van der Waals surface area contributed by atoms with Crippen LogP contribution >= 0.6 is 12.6 Å². The van der Waals surface area contributed by atoms with Gasteiger partial charge in [-0.15, -0.1) is 25.8 Å². The zero-order valence-corrected chi connectivity index (χ0v) is 9.80. The summed E-state index contributed by atoms with van der Waals surface area (Å²) in [5, 5.41) is 8.78. The van der Waals surface area contributed by atoms with Crippen molar-refractivity contribution in [2.24, 2.45) is 0 Å². The van der Waals surface area contributed by atoms with Gasteiger partial charge in [0.2, 0.25) is 0 Å². The molecular weight excluding hydrogens is 271 g/mol. The van der Waals surface area contributed by atoms with E-state index in [0.717, 1.165) is 13.2 Å². The number of thiol groups is 1. The molecule has 0 aliphatic heterocycles. The number of nitriles is 1. The Hall–Kier alpha value is -1.88. The summed E-state index contributed by atoms with van der Waals surface area (Å²) in [7, 11) is 1.00. The van der Waals surface area contributed by atoms with Crippen LogP contribution in [0.4, 0.5) is 13.2 Å². The van der Waals surface area contributed by atoms with Gasteiger partial charge in [-0.3, -0.25) is 0 Å². The first-order valence-corrected chi connectivity index (χ1v) is 4.85. The van der Waals surface area contributed by atoms with E-state index in [0.29, 0.717) is 0 Å². The number of hydrogen-bond acceptors (Lipinski definition) is 5. The van der Waals surface area contributed by atoms with Crippen LogP contribution in [0.25, 0.3) is 0 Å². The predicted molar refractivity (Wildman–Crippen MR) is 56.4 cm³/mol. The Kier molecular flexibility index (Phi) is 4.08. The predicted octanol–water partition coefficient (Wildman–Crippen LogP) is 2.53. The second-order valence-corrected chi connectivity index (χ2v) is 3.47. The van der Waals surface area contributed by atoms with Gasteiger partial charge in [-0.2, -0.15) is 5.26 Å². The van der Waals surface area contributed by atoms with E-state index < -0.39 is 29.2 Å². The van der Waals surface area contributed by atoms with E-state index >= 15 is 0 Å². The van der Waals surface area contributed by atoms with Gasteiger partial charge in [0.15, 0.2) is 5.75 Å². The summed E-state index contributed by atoms with van der Waals surface area (Å²) in [6.45, 7) is 0. The largest absolute Gasteiger partial charge is 0.573 e. The third-order valence-corrected chi connectivity index (χ3v) is 2.24. The van der Waals surface area contributed by atoms with Crippen molar-refractivity contribution in [1.29, 1.82) is 5.26 Å². The van der Waals surface area contributed by atoms with Gasteiger partial charge in [0, 0.05) is 4.90 Å². The van der Waals surface area contributed by atoms with Crippen LogP contribution in [-0.2, 0) is 4.74 Å². The molecule has 4 nitrogen and oxygen atoms in total. The molecule has 0 N–H and O–H groups in total. The van der Waals surface area contributed by atoms with Gasteiger partial charge in [-0.05, 0) is 12.1 Å². The quantitative estimate of drug-likeness (QED) is 0.666. The van der Waals surface area contributed by atoms with Crippen LogP contribution < -0.4 is 4.74 Å². The molecule has 0 aliphatic carbocycles. The zero-order chi connectivity index (χ0) is 13.9. The third kappa shape index (κ3) is 3.07. The van der Waals surface area contributed by atoms with E-state index in [9.17, 15) is 18.0 Å². The molecule has 0 aliphatic rings. The normalized spacial score (nSPS) is 10.7. The maximum Gasteiger partial charge on any atom is 0.573 e. The van der Waals surface area contributed by atoms with Gasteiger partial charge >= 0.3 is 12.3 Å². The lowest BCUT2D eigenvalue weighted by Gasteiger charge is -2.14. The van der Waals surface area contributed by atoms with Crippen molar-refractivity contribution in [3.8, 4) is 11.8 Å². The monoisotopic (exact) mass is 277 g/mol. The van der Waals surface area contributed by atoms with Crippen molar-refractivity contribution < 1.29 is 27.4 Å². The molecule has 0 amide bonds. The number of nitrogens with zero attached hydrogens (tertiary/aromatic N) is 1. The summed E-state index contributed by atoms with van der Waals surface area (Å²) in [5.41, 5.74) is -0.984. The van der Waals surface area contributed by atoms with Crippen LogP contribution in [0.5, 0.6) is 5.75 Å². The summed E-state index contributed by atoms with van der Waals surface area (Å²) in [4.78, 5) is 11.3. The van der Waals surface area contributed by atoms with E-state index in [2.05, 4.69) is 22.1 Å². The van der Waals surface area contributed by atoms with Crippen molar-refractivity contribution in [3.05, 3.63) is 23.3 Å². The van der Waals surface area contributed by atoms with Gasteiger partial charge in [0.25, 0.3) is 0 Å². The fraction of sp³-hybridized carbons (Fsp3) is 0.200. The Bertz CT molecular complexity index is 522. The molecule has 0 bridgehead atoms. The van der Waals surface area contributed by atoms with Crippen LogP contribution in [0, 0.1) is 11.3 Å². The summed E-state index contributed by atoms with van der Waals surface area (Å²) in [6.07, 6.45) is -5.03. The fourth-order valence-electron chi connectivity index (χ4n) is 1.17. The highest BCUT2D eigenvalue weighted by atomic mass is 32.1. The first kappa shape index (κ1) is 14.2. The molecule has 0 spiro atoms. The van der Waals surface area contributed by atoms with Crippen LogP contribution in [0.3, 0.4) is 0 Å². The number of carbonyl (C=O) groups is 1. The third-order valence-electron chi connectivity index (χ3n) is 1.87. The van der Waals surface area contributed by atoms with Crippen LogP contribution in [-0.4, -0.2) is 19.4 Å². The van der Waals surface area contributed by atoms with E-state index in [-0.39, 0.29) is 4.90 Å². The topological polar surface area (TPSA) is 59.3 Å². The number of carbonyl (C=O) groups excluding carboxylic acids is 1. The second kappa shape index (κ2) is 5.18. The van der Waals surface area contributed by atoms with Gasteiger partial charge < -0.3 is 9.47 Å². The number of benzene rings is 1. The Labute approximate surface area is 105 Å². The first-order chi connectivity index (χ1) is 8.30. The molecular formula is C10H6F3NO3S.